The van der Waals surface area contributed by atoms with Gasteiger partial charge in [-0.2, -0.15) is 0 Å². The Hall–Kier alpha value is -2.90. The lowest BCUT2D eigenvalue weighted by atomic mass is 10.1. The van der Waals surface area contributed by atoms with Gasteiger partial charge in [0.25, 0.3) is 5.56 Å². The third-order valence-corrected chi connectivity index (χ3v) is 3.62. The van der Waals surface area contributed by atoms with E-state index >= 15 is 0 Å². The summed E-state index contributed by atoms with van der Waals surface area (Å²) < 4.78 is 6.15. The molecular weight excluding hydrogens is 314 g/mol. The maximum atomic E-state index is 12.6. The van der Waals surface area contributed by atoms with Crippen molar-refractivity contribution in [2.24, 2.45) is 0 Å². The summed E-state index contributed by atoms with van der Waals surface area (Å²) in [6, 6.07) is 12.1. The maximum Gasteiger partial charge on any atom is 0.422 e. The molecule has 0 saturated heterocycles. The van der Waals surface area contributed by atoms with Gasteiger partial charge in [-0.05, 0) is 11.6 Å². The molecule has 2 aromatic carbocycles. The quantitative estimate of drug-likeness (QED) is 0.567. The van der Waals surface area contributed by atoms with E-state index in [0.29, 0.717) is 5.56 Å². The summed E-state index contributed by atoms with van der Waals surface area (Å²) in [5.41, 5.74) is 0.444. The summed E-state index contributed by atoms with van der Waals surface area (Å²) in [5, 5.41) is 10.3. The minimum atomic E-state index is -0.837. The highest BCUT2D eigenvalue weighted by atomic mass is 17.2. The normalized spacial score (nSPS) is 11.0. The molecule has 7 heteroatoms. The molecule has 0 unspecified atom stereocenters. The summed E-state index contributed by atoms with van der Waals surface area (Å²) in [6.07, 6.45) is 0. The van der Waals surface area contributed by atoms with Crippen LogP contribution in [-0.2, 0) is 22.9 Å². The fourth-order valence-corrected chi connectivity index (χ4v) is 2.40. The van der Waals surface area contributed by atoms with E-state index in [1.807, 2.05) is 18.2 Å². The molecular formula is C17H15NO6. The zero-order chi connectivity index (χ0) is 17.1. The average Bonchev–Trinajstić information content (AvgIpc) is 2.59. The molecule has 1 aromatic heterocycles. The van der Waals surface area contributed by atoms with E-state index in [0.717, 1.165) is 10.1 Å². The molecule has 0 fully saturated rings. The van der Waals surface area contributed by atoms with Crippen LogP contribution in [0.2, 0.25) is 0 Å². The number of aromatic nitrogens is 1. The highest BCUT2D eigenvalue weighted by Crippen LogP contribution is 2.26. The van der Waals surface area contributed by atoms with Gasteiger partial charge in [0.05, 0.1) is 19.0 Å². The zero-order valence-electron chi connectivity index (χ0n) is 12.9. The largest absolute Gasteiger partial charge is 0.504 e. The molecule has 3 aromatic rings. The highest BCUT2D eigenvalue weighted by molar-refractivity contribution is 5.82. The number of benzene rings is 2. The first-order valence-corrected chi connectivity index (χ1v) is 7.20. The highest BCUT2D eigenvalue weighted by Gasteiger charge is 2.16. The number of fused-ring (bicyclic) bond motifs is 1. The lowest BCUT2D eigenvalue weighted by molar-refractivity contribution is -0.282. The van der Waals surface area contributed by atoms with Gasteiger partial charge in [0.1, 0.15) is 6.61 Å². The first-order valence-electron chi connectivity index (χ1n) is 7.20. The van der Waals surface area contributed by atoms with Crippen molar-refractivity contribution in [2.45, 2.75) is 13.2 Å². The van der Waals surface area contributed by atoms with Gasteiger partial charge in [0.2, 0.25) is 0 Å². The van der Waals surface area contributed by atoms with E-state index < -0.39 is 11.3 Å². The fourth-order valence-electron chi connectivity index (χ4n) is 2.40. The van der Waals surface area contributed by atoms with Crippen molar-refractivity contribution in [3.05, 3.63) is 74.5 Å². The molecule has 1 N–H and O–H groups in total. The van der Waals surface area contributed by atoms with Gasteiger partial charge < -0.3 is 9.52 Å². The Balaban J connectivity index is 2.11. The fraction of sp³-hybridized carbons (Fsp3) is 0.176. The number of aromatic hydroxyl groups is 1. The third-order valence-electron chi connectivity index (χ3n) is 3.62. The first-order chi connectivity index (χ1) is 11.6. The van der Waals surface area contributed by atoms with Crippen molar-refractivity contribution in [3.63, 3.8) is 0 Å². The van der Waals surface area contributed by atoms with Crippen LogP contribution in [0.5, 0.6) is 5.75 Å². The molecule has 0 aliphatic heterocycles. The second-order valence-corrected chi connectivity index (χ2v) is 5.12. The molecule has 0 aliphatic carbocycles. The van der Waals surface area contributed by atoms with Gasteiger partial charge in [-0.1, -0.05) is 36.4 Å². The lowest BCUT2D eigenvalue weighted by Gasteiger charge is -2.08. The Kier molecular flexibility index (Phi) is 4.45. The van der Waals surface area contributed by atoms with Gasteiger partial charge in [0, 0.05) is 5.56 Å². The smallest absolute Gasteiger partial charge is 0.422 e. The summed E-state index contributed by atoms with van der Waals surface area (Å²) >= 11 is 0. The molecule has 1 heterocycles. The second-order valence-electron chi connectivity index (χ2n) is 5.12. The van der Waals surface area contributed by atoms with Crippen LogP contribution in [0.15, 0.2) is 56.5 Å². The zero-order valence-corrected chi connectivity index (χ0v) is 12.9. The van der Waals surface area contributed by atoms with Gasteiger partial charge in [-0.25, -0.2) is 19.1 Å². The number of phenols is 1. The molecule has 124 valence electrons. The average molecular weight is 329 g/mol. The van der Waals surface area contributed by atoms with Crippen LogP contribution < -0.4 is 11.3 Å². The number of rotatable bonds is 5. The van der Waals surface area contributed by atoms with Gasteiger partial charge in [0.15, 0.2) is 11.3 Å². The number of nitrogens with zero attached hydrogens (tertiary/aromatic N) is 1. The Labute approximate surface area is 136 Å². The Morgan fingerprint density at radius 3 is 2.58 bits per heavy atom. The molecule has 24 heavy (non-hydrogen) atoms. The van der Waals surface area contributed by atoms with Gasteiger partial charge >= 0.3 is 5.76 Å². The standard InChI is InChI=1S/C17H15NO6/c1-22-23-10-12-7-8-13-15(14(12)19)24-17(21)18(16(13)20)9-11-5-3-2-4-6-11/h2-8,19H,9-10H2,1H3. The molecule has 7 nitrogen and oxygen atoms in total. The molecule has 0 saturated carbocycles. The summed E-state index contributed by atoms with van der Waals surface area (Å²) in [6.45, 7) is 0.0440. The number of hydrogen-bond acceptors (Lipinski definition) is 6. The predicted molar refractivity (Wildman–Crippen MR) is 85.8 cm³/mol. The van der Waals surface area contributed by atoms with Crippen LogP contribution in [0, 0.1) is 0 Å². The summed E-state index contributed by atoms with van der Waals surface area (Å²) in [7, 11) is 1.33. The van der Waals surface area contributed by atoms with E-state index in [9.17, 15) is 14.7 Å². The van der Waals surface area contributed by atoms with E-state index in [1.165, 1.54) is 19.2 Å². The van der Waals surface area contributed by atoms with Crippen LogP contribution in [0.4, 0.5) is 0 Å². The second kappa shape index (κ2) is 6.69. The number of phenolic OH excluding ortho intramolecular Hbond substituents is 1. The van der Waals surface area contributed by atoms with E-state index in [1.54, 1.807) is 12.1 Å². The Morgan fingerprint density at radius 1 is 1.12 bits per heavy atom. The molecule has 0 amide bonds. The van der Waals surface area contributed by atoms with Crippen LogP contribution in [-0.4, -0.2) is 16.8 Å². The maximum absolute atomic E-state index is 12.6. The molecule has 0 spiro atoms. The van der Waals surface area contributed by atoms with Crippen molar-refractivity contribution in [1.82, 2.24) is 4.57 Å². The lowest BCUT2D eigenvalue weighted by Crippen LogP contribution is -2.32. The topological polar surface area (TPSA) is 90.9 Å². The van der Waals surface area contributed by atoms with Crippen LogP contribution in [0.25, 0.3) is 11.0 Å². The monoisotopic (exact) mass is 329 g/mol. The molecule has 0 bridgehead atoms. The Morgan fingerprint density at radius 2 is 1.88 bits per heavy atom. The van der Waals surface area contributed by atoms with Gasteiger partial charge in [-0.3, -0.25) is 4.79 Å². The number of hydrogen-bond donors (Lipinski definition) is 1. The minimum Gasteiger partial charge on any atom is -0.504 e. The Bertz CT molecular complexity index is 974. The molecule has 0 aliphatic rings. The van der Waals surface area contributed by atoms with Crippen molar-refractivity contribution >= 4 is 11.0 Å². The molecule has 0 atom stereocenters. The van der Waals surface area contributed by atoms with Crippen molar-refractivity contribution in [2.75, 3.05) is 7.11 Å². The molecule has 3 rings (SSSR count). The van der Waals surface area contributed by atoms with Crippen LogP contribution in [0.1, 0.15) is 11.1 Å². The summed E-state index contributed by atoms with van der Waals surface area (Å²) in [4.78, 5) is 34.0. The van der Waals surface area contributed by atoms with Crippen molar-refractivity contribution in [3.8, 4) is 5.75 Å². The van der Waals surface area contributed by atoms with E-state index in [2.05, 4.69) is 4.89 Å². The van der Waals surface area contributed by atoms with Crippen molar-refractivity contribution < 1.29 is 19.3 Å². The van der Waals surface area contributed by atoms with E-state index in [-0.39, 0.29) is 29.9 Å². The first kappa shape index (κ1) is 16.0. The van der Waals surface area contributed by atoms with Crippen LogP contribution >= 0.6 is 0 Å². The van der Waals surface area contributed by atoms with Gasteiger partial charge in [-0.15, -0.1) is 0 Å². The van der Waals surface area contributed by atoms with Crippen molar-refractivity contribution in [1.29, 1.82) is 0 Å². The minimum absolute atomic E-state index is 0.0465. The van der Waals surface area contributed by atoms with Crippen LogP contribution in [0.3, 0.4) is 0 Å². The predicted octanol–water partition coefficient (Wildman–Crippen LogP) is 1.79. The SMILES string of the molecule is COOCc1ccc2c(=O)n(Cc3ccccc3)c(=O)oc2c1O. The third kappa shape index (κ3) is 2.94. The van der Waals surface area contributed by atoms with E-state index in [4.69, 9.17) is 9.30 Å². The summed E-state index contributed by atoms with van der Waals surface area (Å²) in [5.74, 6) is -1.15. The molecule has 0 radical (unpaired) electrons.